The van der Waals surface area contributed by atoms with Crippen molar-refractivity contribution in [3.63, 3.8) is 0 Å². The second-order valence-electron chi connectivity index (χ2n) is 5.51. The van der Waals surface area contributed by atoms with Crippen LogP contribution in [0.5, 0.6) is 0 Å². The van der Waals surface area contributed by atoms with Gasteiger partial charge in [-0.1, -0.05) is 24.3 Å². The van der Waals surface area contributed by atoms with Crippen LogP contribution < -0.4 is 5.32 Å². The summed E-state index contributed by atoms with van der Waals surface area (Å²) in [7, 11) is 0. The molecule has 0 bridgehead atoms. The fourth-order valence-electron chi connectivity index (χ4n) is 2.65. The van der Waals surface area contributed by atoms with Gasteiger partial charge in [0.05, 0.1) is 6.61 Å². The average molecular weight is 347 g/mol. The van der Waals surface area contributed by atoms with Crippen LogP contribution in [0.1, 0.15) is 30.9 Å². The van der Waals surface area contributed by atoms with Gasteiger partial charge < -0.3 is 10.1 Å². The minimum Gasteiger partial charge on any atom is -0.464 e. The molecule has 0 saturated heterocycles. The van der Waals surface area contributed by atoms with Gasteiger partial charge in [0.15, 0.2) is 0 Å². The molecule has 0 unspecified atom stereocenters. The second-order valence-corrected chi connectivity index (χ2v) is 5.51. The van der Waals surface area contributed by atoms with Crippen molar-refractivity contribution in [2.75, 3.05) is 6.61 Å². The number of esters is 1. The van der Waals surface area contributed by atoms with E-state index < -0.39 is 35.5 Å². The Morgan fingerprint density at radius 2 is 1.40 bits per heavy atom. The Bertz CT molecular complexity index is 684. The largest absolute Gasteiger partial charge is 0.464 e. The summed E-state index contributed by atoms with van der Waals surface area (Å²) in [5.74, 6) is -2.52. The highest BCUT2D eigenvalue weighted by Crippen LogP contribution is 2.29. The molecule has 1 atom stereocenters. The molecule has 0 aliphatic rings. The molecule has 2 aromatic carbocycles. The molecule has 0 aromatic heterocycles. The molecule has 132 valence electrons. The van der Waals surface area contributed by atoms with E-state index in [2.05, 4.69) is 5.32 Å². The van der Waals surface area contributed by atoms with Gasteiger partial charge in [-0.05, 0) is 42.3 Å². The fraction of sp³-hybridized carbons (Fsp3) is 0.263. The maximum atomic E-state index is 13.3. The Labute approximate surface area is 144 Å². The zero-order valence-electron chi connectivity index (χ0n) is 14.0. The van der Waals surface area contributed by atoms with E-state index in [-0.39, 0.29) is 6.61 Å². The molecule has 0 aliphatic carbocycles. The Balaban J connectivity index is 2.53. The highest BCUT2D eigenvalue weighted by molar-refractivity contribution is 5.84. The van der Waals surface area contributed by atoms with Crippen LogP contribution in [0.2, 0.25) is 0 Å². The van der Waals surface area contributed by atoms with Crippen molar-refractivity contribution in [2.45, 2.75) is 25.8 Å². The molecule has 0 heterocycles. The zero-order chi connectivity index (χ0) is 18.4. The number of nitrogens with one attached hydrogen (secondary N) is 1. The molecule has 6 heteroatoms. The first-order chi connectivity index (χ1) is 11.9. The van der Waals surface area contributed by atoms with Gasteiger partial charge in [-0.15, -0.1) is 0 Å². The van der Waals surface area contributed by atoms with E-state index >= 15 is 0 Å². The SMILES string of the molecule is CCOC(=O)[C@@H](NC(C)=O)C(c1ccc(F)cc1)c1ccc(F)cc1. The van der Waals surface area contributed by atoms with Gasteiger partial charge in [0.25, 0.3) is 0 Å². The van der Waals surface area contributed by atoms with Crippen LogP contribution in [0.4, 0.5) is 8.78 Å². The minimum absolute atomic E-state index is 0.147. The lowest BCUT2D eigenvalue weighted by Crippen LogP contribution is -2.45. The Kier molecular flexibility index (Phi) is 6.22. The minimum atomic E-state index is -1.02. The molecule has 0 fully saturated rings. The van der Waals surface area contributed by atoms with Gasteiger partial charge in [-0.3, -0.25) is 4.79 Å². The van der Waals surface area contributed by atoms with E-state index in [0.29, 0.717) is 11.1 Å². The average Bonchev–Trinajstić information content (AvgIpc) is 2.57. The summed E-state index contributed by atoms with van der Waals surface area (Å²) in [5, 5.41) is 2.59. The third kappa shape index (κ3) is 4.86. The summed E-state index contributed by atoms with van der Waals surface area (Å²) in [6.45, 7) is 3.10. The molecule has 1 amide bonds. The molecule has 1 N–H and O–H groups in total. The van der Waals surface area contributed by atoms with E-state index in [1.54, 1.807) is 6.92 Å². The molecule has 2 aromatic rings. The lowest BCUT2D eigenvalue weighted by molar-refractivity contribution is -0.147. The zero-order valence-corrected chi connectivity index (χ0v) is 14.0. The van der Waals surface area contributed by atoms with Crippen LogP contribution in [-0.2, 0) is 14.3 Å². The first-order valence-corrected chi connectivity index (χ1v) is 7.87. The standard InChI is InChI=1S/C19H19F2NO3/c1-3-25-19(24)18(22-12(2)23)17(13-4-8-15(20)9-5-13)14-6-10-16(21)11-7-14/h4-11,17-18H,3H2,1-2H3,(H,22,23)/t18-/m0/s1. The van der Waals surface area contributed by atoms with E-state index in [0.717, 1.165) is 0 Å². The monoisotopic (exact) mass is 347 g/mol. The van der Waals surface area contributed by atoms with Crippen molar-refractivity contribution in [3.05, 3.63) is 71.3 Å². The molecule has 2 rings (SSSR count). The van der Waals surface area contributed by atoms with Crippen molar-refractivity contribution < 1.29 is 23.1 Å². The highest BCUT2D eigenvalue weighted by Gasteiger charge is 2.33. The van der Waals surface area contributed by atoms with Crippen molar-refractivity contribution in [1.82, 2.24) is 5.32 Å². The number of halogens is 2. The topological polar surface area (TPSA) is 55.4 Å². The summed E-state index contributed by atoms with van der Waals surface area (Å²) >= 11 is 0. The lowest BCUT2D eigenvalue weighted by atomic mass is 9.84. The van der Waals surface area contributed by atoms with Gasteiger partial charge in [0, 0.05) is 12.8 Å². The Morgan fingerprint density at radius 3 is 1.76 bits per heavy atom. The molecular formula is C19H19F2NO3. The molecular weight excluding hydrogens is 328 g/mol. The smallest absolute Gasteiger partial charge is 0.329 e. The van der Waals surface area contributed by atoms with Crippen LogP contribution in [0.15, 0.2) is 48.5 Å². The maximum absolute atomic E-state index is 13.3. The molecule has 0 aliphatic heterocycles. The number of hydrogen-bond acceptors (Lipinski definition) is 3. The quantitative estimate of drug-likeness (QED) is 0.817. The summed E-state index contributed by atoms with van der Waals surface area (Å²) in [6, 6.07) is 10.1. The molecule has 0 saturated carbocycles. The lowest BCUT2D eigenvalue weighted by Gasteiger charge is -2.27. The summed E-state index contributed by atoms with van der Waals surface area (Å²) in [5.41, 5.74) is 1.19. The van der Waals surface area contributed by atoms with Gasteiger partial charge in [-0.25, -0.2) is 13.6 Å². The Hall–Kier alpha value is -2.76. The number of hydrogen-bond donors (Lipinski definition) is 1. The van der Waals surface area contributed by atoms with Gasteiger partial charge in [-0.2, -0.15) is 0 Å². The maximum Gasteiger partial charge on any atom is 0.329 e. The predicted molar refractivity (Wildman–Crippen MR) is 88.9 cm³/mol. The van der Waals surface area contributed by atoms with Crippen LogP contribution in [0.25, 0.3) is 0 Å². The predicted octanol–water partition coefficient (Wildman–Crippen LogP) is 3.16. The third-order valence-corrected chi connectivity index (χ3v) is 3.69. The van der Waals surface area contributed by atoms with Crippen LogP contribution in [0.3, 0.4) is 0 Å². The van der Waals surface area contributed by atoms with E-state index in [1.165, 1.54) is 55.5 Å². The van der Waals surface area contributed by atoms with Gasteiger partial charge >= 0.3 is 5.97 Å². The van der Waals surface area contributed by atoms with Crippen LogP contribution >= 0.6 is 0 Å². The number of rotatable bonds is 6. The number of benzene rings is 2. The number of amides is 1. The van der Waals surface area contributed by atoms with E-state index in [1.807, 2.05) is 0 Å². The number of carbonyl (C=O) groups is 2. The molecule has 4 nitrogen and oxygen atoms in total. The summed E-state index contributed by atoms with van der Waals surface area (Å²) < 4.78 is 31.6. The van der Waals surface area contributed by atoms with E-state index in [9.17, 15) is 18.4 Å². The molecule has 25 heavy (non-hydrogen) atoms. The number of ether oxygens (including phenoxy) is 1. The number of carbonyl (C=O) groups excluding carboxylic acids is 2. The normalized spacial score (nSPS) is 11.9. The van der Waals surface area contributed by atoms with Gasteiger partial charge in [0.2, 0.25) is 5.91 Å². The highest BCUT2D eigenvalue weighted by atomic mass is 19.1. The first kappa shape index (κ1) is 18.6. The van der Waals surface area contributed by atoms with E-state index in [4.69, 9.17) is 4.74 Å². The third-order valence-electron chi connectivity index (χ3n) is 3.69. The molecule has 0 radical (unpaired) electrons. The van der Waals surface area contributed by atoms with Crippen molar-refractivity contribution in [1.29, 1.82) is 0 Å². The van der Waals surface area contributed by atoms with Crippen molar-refractivity contribution in [3.8, 4) is 0 Å². The second kappa shape index (κ2) is 8.37. The molecule has 0 spiro atoms. The summed E-state index contributed by atoms with van der Waals surface area (Å²) in [4.78, 5) is 24.0. The summed E-state index contributed by atoms with van der Waals surface area (Å²) in [6.07, 6.45) is 0. The fourth-order valence-corrected chi connectivity index (χ4v) is 2.65. The van der Waals surface area contributed by atoms with Crippen LogP contribution in [-0.4, -0.2) is 24.5 Å². The van der Waals surface area contributed by atoms with Gasteiger partial charge in [0.1, 0.15) is 17.7 Å². The first-order valence-electron chi connectivity index (χ1n) is 7.87. The van der Waals surface area contributed by atoms with Crippen LogP contribution in [0, 0.1) is 11.6 Å². The Morgan fingerprint density at radius 1 is 0.960 bits per heavy atom. The van der Waals surface area contributed by atoms with Crippen molar-refractivity contribution in [2.24, 2.45) is 0 Å². The van der Waals surface area contributed by atoms with Crippen molar-refractivity contribution >= 4 is 11.9 Å².